The maximum absolute atomic E-state index is 12.7. The molecule has 1 aromatic carbocycles. The fourth-order valence-corrected chi connectivity index (χ4v) is 1.89. The number of esters is 1. The van der Waals surface area contributed by atoms with Gasteiger partial charge < -0.3 is 4.74 Å². The van der Waals surface area contributed by atoms with Gasteiger partial charge in [-0.25, -0.2) is 0 Å². The second-order valence-corrected chi connectivity index (χ2v) is 7.31. The number of carbonyl (C=O) groups is 1. The van der Waals surface area contributed by atoms with Crippen molar-refractivity contribution in [3.8, 4) is 5.75 Å². The lowest BCUT2D eigenvalue weighted by Gasteiger charge is -2.42. The molecule has 0 unspecified atom stereocenters. The Kier molecular flexibility index (Phi) is 2.49. The lowest BCUT2D eigenvalue weighted by Crippen LogP contribution is -2.05. The van der Waals surface area contributed by atoms with Gasteiger partial charge in [-0.2, -0.15) is 0 Å². The highest BCUT2D eigenvalue weighted by molar-refractivity contribution is 8.65. The van der Waals surface area contributed by atoms with E-state index in [0.29, 0.717) is 12.1 Å². The Labute approximate surface area is 93.1 Å². The van der Waals surface area contributed by atoms with Crippen LogP contribution < -0.4 is 4.74 Å². The average molecular weight is 279 g/mol. The summed E-state index contributed by atoms with van der Waals surface area (Å²) in [5, 5.41) is 0. The van der Waals surface area contributed by atoms with Gasteiger partial charge in [0, 0.05) is 17.6 Å². The van der Waals surface area contributed by atoms with Crippen LogP contribution >= 0.6 is 19.7 Å². The molecular weight excluding hydrogens is 272 g/mol. The molecule has 0 saturated carbocycles. The summed E-state index contributed by atoms with van der Waals surface area (Å²) in [5.41, 5.74) is 0. The molecule has 0 aliphatic carbocycles. The maximum Gasteiger partial charge on any atom is 0.308 e. The lowest BCUT2D eigenvalue weighted by molar-refractivity contribution is -0.131. The first-order valence-corrected chi connectivity index (χ1v) is 6.79. The Morgan fingerprint density at radius 3 is 1.94 bits per heavy atom. The van der Waals surface area contributed by atoms with Crippen LogP contribution in [0.3, 0.4) is 0 Å². The van der Waals surface area contributed by atoms with Gasteiger partial charge in [0.1, 0.15) is 5.75 Å². The van der Waals surface area contributed by atoms with Crippen molar-refractivity contribution in [2.75, 3.05) is 0 Å². The first-order valence-electron chi connectivity index (χ1n) is 3.91. The highest BCUT2D eigenvalue weighted by Crippen LogP contribution is 3.04. The standard InChI is InChI=1S/C8H7ClF4O2S/c1-6(14)15-7-2-4-8(5-3-7)16(9,10,11,12)13/h2-5H,1H3. The van der Waals surface area contributed by atoms with Gasteiger partial charge in [-0.1, -0.05) is 0 Å². The molecule has 1 rings (SSSR count). The van der Waals surface area contributed by atoms with E-state index in [9.17, 15) is 20.3 Å². The van der Waals surface area contributed by atoms with Crippen molar-refractivity contribution in [1.29, 1.82) is 0 Å². The highest BCUT2D eigenvalue weighted by Gasteiger charge is 2.62. The van der Waals surface area contributed by atoms with Gasteiger partial charge in [0.15, 0.2) is 0 Å². The van der Waals surface area contributed by atoms with Crippen LogP contribution in [0.4, 0.5) is 15.5 Å². The largest absolute Gasteiger partial charge is 0.427 e. The van der Waals surface area contributed by atoms with Gasteiger partial charge in [-0.05, 0) is 24.3 Å². The third-order valence-corrected chi connectivity index (χ3v) is 3.23. The van der Waals surface area contributed by atoms with Crippen LogP contribution in [-0.2, 0) is 4.79 Å². The van der Waals surface area contributed by atoms with Crippen molar-refractivity contribution in [2.45, 2.75) is 11.8 Å². The van der Waals surface area contributed by atoms with E-state index in [1.165, 1.54) is 0 Å². The number of rotatable bonds is 2. The minimum atomic E-state index is -8.66. The van der Waals surface area contributed by atoms with E-state index in [-0.39, 0.29) is 5.75 Å². The Hall–Kier alpha value is -0.950. The summed E-state index contributed by atoms with van der Waals surface area (Å²) in [6, 6.07) is 2.48. The molecule has 1 aromatic rings. The Morgan fingerprint density at radius 1 is 1.19 bits per heavy atom. The van der Waals surface area contributed by atoms with Gasteiger partial charge >= 0.3 is 5.97 Å². The molecule has 0 aliphatic heterocycles. The van der Waals surface area contributed by atoms with Gasteiger partial charge in [0.2, 0.25) is 0 Å². The smallest absolute Gasteiger partial charge is 0.308 e. The Bertz CT molecular complexity index is 425. The predicted octanol–water partition coefficient (Wildman–Crippen LogP) is 4.54. The second-order valence-electron chi connectivity index (χ2n) is 3.03. The number of ether oxygens (including phenoxy) is 1. The molecule has 2 nitrogen and oxygen atoms in total. The van der Waals surface area contributed by atoms with Crippen LogP contribution in [0.15, 0.2) is 29.2 Å². The Morgan fingerprint density at radius 2 is 1.62 bits per heavy atom. The minimum Gasteiger partial charge on any atom is -0.427 e. The van der Waals surface area contributed by atoms with Crippen molar-refractivity contribution in [2.24, 2.45) is 0 Å². The molecule has 0 aromatic heterocycles. The van der Waals surface area contributed by atoms with Crippen molar-refractivity contribution in [3.05, 3.63) is 24.3 Å². The summed E-state index contributed by atoms with van der Waals surface area (Å²) >= 11 is 0. The molecule has 0 atom stereocenters. The number of carbonyl (C=O) groups excluding carboxylic acids is 1. The van der Waals surface area contributed by atoms with Gasteiger partial charge in [0.05, 0.1) is 4.90 Å². The summed E-state index contributed by atoms with van der Waals surface area (Å²) < 4.78 is 55.2. The molecule has 0 spiro atoms. The molecule has 0 saturated heterocycles. The van der Waals surface area contributed by atoms with Gasteiger partial charge in [0.25, 0.3) is 9.05 Å². The van der Waals surface area contributed by atoms with E-state index in [0.717, 1.165) is 19.1 Å². The van der Waals surface area contributed by atoms with Crippen LogP contribution in [0, 0.1) is 0 Å². The fraction of sp³-hybridized carbons (Fsp3) is 0.125. The van der Waals surface area contributed by atoms with Gasteiger partial charge in [-0.3, -0.25) is 4.79 Å². The van der Waals surface area contributed by atoms with E-state index in [2.05, 4.69) is 15.4 Å². The topological polar surface area (TPSA) is 26.3 Å². The van der Waals surface area contributed by atoms with Crippen LogP contribution in [0.25, 0.3) is 0 Å². The second kappa shape index (κ2) is 3.04. The highest BCUT2D eigenvalue weighted by atomic mass is 35.7. The summed E-state index contributed by atoms with van der Waals surface area (Å²) in [4.78, 5) is 8.90. The molecule has 0 fully saturated rings. The van der Waals surface area contributed by atoms with Gasteiger partial charge in [-0.15, -0.1) is 15.5 Å². The van der Waals surface area contributed by atoms with Crippen molar-refractivity contribution < 1.29 is 25.1 Å². The maximum atomic E-state index is 12.7. The van der Waals surface area contributed by atoms with Crippen LogP contribution in [0.5, 0.6) is 5.75 Å². The number of benzene rings is 1. The molecule has 0 bridgehead atoms. The summed E-state index contributed by atoms with van der Waals surface area (Å²) in [6.07, 6.45) is 0. The molecule has 0 aliphatic rings. The quantitative estimate of drug-likeness (QED) is 0.451. The third-order valence-electron chi connectivity index (χ3n) is 1.53. The minimum absolute atomic E-state index is 0.116. The van der Waals surface area contributed by atoms with E-state index in [1.54, 1.807) is 0 Å². The van der Waals surface area contributed by atoms with Crippen molar-refractivity contribution in [3.63, 3.8) is 0 Å². The van der Waals surface area contributed by atoms with E-state index < -0.39 is 19.9 Å². The van der Waals surface area contributed by atoms with Crippen molar-refractivity contribution >= 4 is 25.7 Å². The molecule has 0 N–H and O–H groups in total. The van der Waals surface area contributed by atoms with Crippen LogP contribution in [0.2, 0.25) is 0 Å². The summed E-state index contributed by atoms with van der Waals surface area (Å²) in [7, 11) is -4.59. The SMILES string of the molecule is CC(=O)Oc1ccc(S(F)(F)(F)(F)Cl)cc1. The number of hydrogen-bond acceptors (Lipinski definition) is 2. The van der Waals surface area contributed by atoms with Crippen molar-refractivity contribution in [1.82, 2.24) is 0 Å². The Balaban J connectivity index is 3.11. The summed E-state index contributed by atoms with van der Waals surface area (Å²) in [6.45, 7) is 1.09. The summed E-state index contributed by atoms with van der Waals surface area (Å²) in [5.74, 6) is -0.805. The van der Waals surface area contributed by atoms with E-state index in [4.69, 9.17) is 0 Å². The lowest BCUT2D eigenvalue weighted by atomic mass is 10.3. The number of hydrogen-bond donors (Lipinski definition) is 0. The zero-order valence-electron chi connectivity index (χ0n) is 7.92. The monoisotopic (exact) mass is 278 g/mol. The zero-order valence-corrected chi connectivity index (χ0v) is 9.50. The normalized spacial score (nSPS) is 16.1. The first kappa shape index (κ1) is 13.1. The van der Waals surface area contributed by atoms with Crippen LogP contribution in [0.1, 0.15) is 6.92 Å². The zero-order chi connectivity index (χ0) is 12.7. The number of halogens is 5. The first-order chi connectivity index (χ1) is 6.88. The fourth-order valence-electron chi connectivity index (χ4n) is 0.931. The molecule has 8 heteroatoms. The molecule has 92 valence electrons. The molecule has 0 radical (unpaired) electrons. The van der Waals surface area contributed by atoms with E-state index >= 15 is 0 Å². The third kappa shape index (κ3) is 3.57. The molecule has 0 amide bonds. The molecule has 16 heavy (non-hydrogen) atoms. The predicted molar refractivity (Wildman–Crippen MR) is 53.9 cm³/mol. The molecular formula is C8H7ClF4O2S. The molecule has 0 heterocycles. The average Bonchev–Trinajstić information content (AvgIpc) is 1.99. The van der Waals surface area contributed by atoms with Crippen LogP contribution in [-0.4, -0.2) is 5.97 Å². The van der Waals surface area contributed by atoms with E-state index in [1.807, 2.05) is 0 Å².